The largest absolute Gasteiger partial charge is 0.366 e. The third-order valence-corrected chi connectivity index (χ3v) is 6.09. The molecule has 4 heterocycles. The molecule has 0 spiro atoms. The van der Waals surface area contributed by atoms with Crippen molar-refractivity contribution in [3.05, 3.63) is 66.1 Å². The lowest BCUT2D eigenvalue weighted by Crippen LogP contribution is -2.54. The lowest BCUT2D eigenvalue weighted by molar-refractivity contribution is -0.133. The van der Waals surface area contributed by atoms with Crippen LogP contribution >= 0.6 is 0 Å². The third kappa shape index (κ3) is 5.44. The van der Waals surface area contributed by atoms with Crippen LogP contribution in [0.4, 0.5) is 15.9 Å². The maximum absolute atomic E-state index is 15.1. The monoisotopic (exact) mass is 508 g/mol. The molecule has 3 aromatic heterocycles. The van der Waals surface area contributed by atoms with E-state index in [1.165, 1.54) is 24.7 Å². The van der Waals surface area contributed by atoms with Gasteiger partial charge in [-0.05, 0) is 19.1 Å². The number of amides is 2. The van der Waals surface area contributed by atoms with E-state index in [2.05, 4.69) is 31.1 Å². The molecule has 12 nitrogen and oxygen atoms in total. The maximum atomic E-state index is 15.1. The van der Waals surface area contributed by atoms with Crippen LogP contribution in [0, 0.1) is 5.82 Å². The van der Waals surface area contributed by atoms with Crippen LogP contribution in [0.3, 0.4) is 0 Å². The molecule has 1 aliphatic rings. The van der Waals surface area contributed by atoms with Gasteiger partial charge in [0.25, 0.3) is 5.91 Å². The lowest BCUT2D eigenvalue weighted by atomic mass is 10.1. The molecule has 2 amide bonds. The van der Waals surface area contributed by atoms with Gasteiger partial charge in [-0.25, -0.2) is 4.39 Å². The SMILES string of the molecule is C[C@@H](NC(=O)c1cn[nH]c1)C(=O)N1CCN(c2ccc(-c3cc(CNc4ccon4)on3)cc2F)CC1. The second-order valence-corrected chi connectivity index (χ2v) is 8.58. The molecule has 1 atom stereocenters. The Labute approximate surface area is 210 Å². The summed E-state index contributed by atoms with van der Waals surface area (Å²) < 4.78 is 25.2. The van der Waals surface area contributed by atoms with E-state index in [1.807, 2.05) is 4.90 Å². The summed E-state index contributed by atoms with van der Waals surface area (Å²) in [5, 5.41) is 19.8. The number of hydrogen-bond acceptors (Lipinski definition) is 9. The first-order valence-corrected chi connectivity index (χ1v) is 11.7. The van der Waals surface area contributed by atoms with E-state index in [0.717, 1.165) is 0 Å². The summed E-state index contributed by atoms with van der Waals surface area (Å²) >= 11 is 0. The molecule has 0 unspecified atom stereocenters. The smallest absolute Gasteiger partial charge is 0.255 e. The Morgan fingerprint density at radius 3 is 2.70 bits per heavy atom. The molecule has 1 aromatic carbocycles. The summed E-state index contributed by atoms with van der Waals surface area (Å²) in [5.41, 5.74) is 1.92. The van der Waals surface area contributed by atoms with Crippen LogP contribution in [-0.2, 0) is 11.3 Å². The second-order valence-electron chi connectivity index (χ2n) is 8.58. The zero-order valence-corrected chi connectivity index (χ0v) is 20.0. The standard InChI is InChI=1S/C24H25FN8O4/c1-15(29-23(34)17-12-27-28-13-17)24(35)33-7-5-32(6-8-33)21-3-2-16(10-19(21)25)20-11-18(37-30-20)14-26-22-4-9-36-31-22/h2-4,9-13,15H,5-8,14H2,1H3,(H,26,31)(H,27,28)(H,29,34)/t15-/m1/s1. The summed E-state index contributed by atoms with van der Waals surface area (Å²) in [5.74, 6) is 0.193. The van der Waals surface area contributed by atoms with Crippen molar-refractivity contribution in [2.75, 3.05) is 36.4 Å². The number of H-pyrrole nitrogens is 1. The minimum Gasteiger partial charge on any atom is -0.366 e. The van der Waals surface area contributed by atoms with Crippen molar-refractivity contribution in [1.82, 2.24) is 30.7 Å². The molecule has 0 bridgehead atoms. The Bertz CT molecular complexity index is 1350. The van der Waals surface area contributed by atoms with E-state index >= 15 is 4.39 Å². The van der Waals surface area contributed by atoms with E-state index in [0.29, 0.717) is 66.8 Å². The molecule has 1 saturated heterocycles. The van der Waals surface area contributed by atoms with Crippen molar-refractivity contribution in [2.45, 2.75) is 19.5 Å². The highest BCUT2D eigenvalue weighted by Gasteiger charge is 2.27. The van der Waals surface area contributed by atoms with Crippen molar-refractivity contribution in [1.29, 1.82) is 0 Å². The Morgan fingerprint density at radius 1 is 1.16 bits per heavy atom. The van der Waals surface area contributed by atoms with Crippen LogP contribution in [0.15, 0.2) is 58.0 Å². The summed E-state index contributed by atoms with van der Waals surface area (Å²) in [4.78, 5) is 28.5. The molecule has 1 fully saturated rings. The number of hydrogen-bond donors (Lipinski definition) is 3. The van der Waals surface area contributed by atoms with Crippen LogP contribution in [-0.4, -0.2) is 69.4 Å². The van der Waals surface area contributed by atoms with Crippen LogP contribution in [0.25, 0.3) is 11.3 Å². The molecule has 0 aliphatic carbocycles. The molecule has 3 N–H and O–H groups in total. The number of nitrogens with one attached hydrogen (secondary N) is 3. The number of benzene rings is 1. The minimum atomic E-state index is -0.691. The van der Waals surface area contributed by atoms with Crippen molar-refractivity contribution < 1.29 is 23.0 Å². The first-order chi connectivity index (χ1) is 18.0. The van der Waals surface area contributed by atoms with E-state index in [-0.39, 0.29) is 17.6 Å². The molecule has 0 saturated carbocycles. The van der Waals surface area contributed by atoms with Crippen LogP contribution in [0.2, 0.25) is 0 Å². The molecule has 192 valence electrons. The number of aromatic nitrogens is 4. The number of carbonyl (C=O) groups excluding carboxylic acids is 2. The van der Waals surface area contributed by atoms with Gasteiger partial charge in [0.1, 0.15) is 23.8 Å². The van der Waals surface area contributed by atoms with E-state index in [9.17, 15) is 9.59 Å². The highest BCUT2D eigenvalue weighted by atomic mass is 19.1. The number of rotatable bonds is 8. The quantitative estimate of drug-likeness (QED) is 0.326. The van der Waals surface area contributed by atoms with Crippen LogP contribution in [0.1, 0.15) is 23.0 Å². The van der Waals surface area contributed by atoms with Gasteiger partial charge in [0.05, 0.1) is 24.0 Å². The summed E-state index contributed by atoms with van der Waals surface area (Å²) in [6.07, 6.45) is 4.31. The van der Waals surface area contributed by atoms with E-state index in [1.54, 1.807) is 36.1 Å². The second kappa shape index (κ2) is 10.5. The molecule has 0 radical (unpaired) electrons. The van der Waals surface area contributed by atoms with Gasteiger partial charge < -0.3 is 29.5 Å². The van der Waals surface area contributed by atoms with Gasteiger partial charge in [0.2, 0.25) is 5.91 Å². The van der Waals surface area contributed by atoms with E-state index in [4.69, 9.17) is 9.05 Å². The Hall–Kier alpha value is -4.68. The number of piperazine rings is 1. The first kappa shape index (κ1) is 24.0. The predicted octanol–water partition coefficient (Wildman–Crippen LogP) is 2.27. The number of halogens is 1. The highest BCUT2D eigenvalue weighted by Crippen LogP contribution is 2.27. The fraction of sp³-hybridized carbons (Fsp3) is 0.292. The summed E-state index contributed by atoms with van der Waals surface area (Å²) in [7, 11) is 0. The van der Waals surface area contributed by atoms with Crippen molar-refractivity contribution in [2.24, 2.45) is 0 Å². The number of aromatic amines is 1. The van der Waals surface area contributed by atoms with Gasteiger partial charge in [-0.2, -0.15) is 5.10 Å². The fourth-order valence-corrected chi connectivity index (χ4v) is 4.09. The molecular weight excluding hydrogens is 483 g/mol. The number of carbonyl (C=O) groups is 2. The van der Waals surface area contributed by atoms with Gasteiger partial charge in [-0.15, -0.1) is 0 Å². The van der Waals surface area contributed by atoms with Crippen molar-refractivity contribution >= 4 is 23.3 Å². The topological polar surface area (TPSA) is 145 Å². The Morgan fingerprint density at radius 2 is 2.00 bits per heavy atom. The van der Waals surface area contributed by atoms with Gasteiger partial charge in [-0.1, -0.05) is 16.4 Å². The van der Waals surface area contributed by atoms with Gasteiger partial charge in [0, 0.05) is 50.1 Å². The number of nitrogens with zero attached hydrogens (tertiary/aromatic N) is 5. The van der Waals surface area contributed by atoms with Crippen LogP contribution in [0.5, 0.6) is 0 Å². The molecule has 4 aromatic rings. The average Bonchev–Trinajstić information content (AvgIpc) is 3.70. The lowest BCUT2D eigenvalue weighted by Gasteiger charge is -2.37. The van der Waals surface area contributed by atoms with E-state index < -0.39 is 6.04 Å². The zero-order valence-electron chi connectivity index (χ0n) is 20.0. The fourth-order valence-electron chi connectivity index (χ4n) is 4.09. The number of anilines is 2. The predicted molar refractivity (Wildman–Crippen MR) is 130 cm³/mol. The molecular formula is C24H25FN8O4. The molecule has 13 heteroatoms. The average molecular weight is 509 g/mol. The Balaban J connectivity index is 1.15. The van der Waals surface area contributed by atoms with Crippen LogP contribution < -0.4 is 15.5 Å². The minimum absolute atomic E-state index is 0.188. The van der Waals surface area contributed by atoms with Crippen molar-refractivity contribution in [3.8, 4) is 11.3 Å². The highest BCUT2D eigenvalue weighted by molar-refractivity contribution is 5.97. The normalized spacial score (nSPS) is 14.4. The maximum Gasteiger partial charge on any atom is 0.255 e. The molecule has 37 heavy (non-hydrogen) atoms. The zero-order chi connectivity index (χ0) is 25.8. The molecule has 1 aliphatic heterocycles. The van der Waals surface area contributed by atoms with Gasteiger partial charge in [-0.3, -0.25) is 14.7 Å². The summed E-state index contributed by atoms with van der Waals surface area (Å²) in [6.45, 7) is 3.76. The summed E-state index contributed by atoms with van der Waals surface area (Å²) in [6, 6.07) is 7.64. The Kier molecular flexibility index (Phi) is 6.83. The third-order valence-electron chi connectivity index (χ3n) is 6.09. The first-order valence-electron chi connectivity index (χ1n) is 11.7. The molecule has 5 rings (SSSR count). The van der Waals surface area contributed by atoms with Gasteiger partial charge >= 0.3 is 0 Å². The van der Waals surface area contributed by atoms with Crippen molar-refractivity contribution in [3.63, 3.8) is 0 Å². The van der Waals surface area contributed by atoms with Gasteiger partial charge in [0.15, 0.2) is 11.6 Å².